The summed E-state index contributed by atoms with van der Waals surface area (Å²) in [6, 6.07) is -0.247. The fourth-order valence-electron chi connectivity index (χ4n) is 1.18. The van der Waals surface area contributed by atoms with Crippen LogP contribution in [0.4, 0.5) is 9.18 Å². The van der Waals surface area contributed by atoms with Crippen molar-refractivity contribution in [2.24, 2.45) is 0 Å². The van der Waals surface area contributed by atoms with Crippen molar-refractivity contribution in [1.29, 1.82) is 0 Å². The van der Waals surface area contributed by atoms with Crippen molar-refractivity contribution in [3.63, 3.8) is 0 Å². The van der Waals surface area contributed by atoms with Gasteiger partial charge in [-0.05, 0) is 20.3 Å². The molecule has 2 amide bonds. The van der Waals surface area contributed by atoms with Gasteiger partial charge in [-0.1, -0.05) is 0 Å². The minimum Gasteiger partial charge on any atom is -0.390 e. The topological polar surface area (TPSA) is 52.6 Å². The van der Waals surface area contributed by atoms with Crippen LogP contribution < -0.4 is 5.32 Å². The van der Waals surface area contributed by atoms with E-state index in [1.165, 1.54) is 4.90 Å². The van der Waals surface area contributed by atoms with Crippen molar-refractivity contribution in [3.05, 3.63) is 0 Å². The lowest BCUT2D eigenvalue weighted by atomic mass is 10.1. The first-order chi connectivity index (χ1) is 6.38. The van der Waals surface area contributed by atoms with Crippen LogP contribution in [-0.2, 0) is 0 Å². The Morgan fingerprint density at radius 1 is 1.64 bits per heavy atom. The maximum Gasteiger partial charge on any atom is 0.317 e. The van der Waals surface area contributed by atoms with Gasteiger partial charge in [-0.2, -0.15) is 0 Å². The van der Waals surface area contributed by atoms with E-state index in [1.807, 2.05) is 0 Å². The van der Waals surface area contributed by atoms with Crippen molar-refractivity contribution in [1.82, 2.24) is 10.2 Å². The highest BCUT2D eigenvalue weighted by Crippen LogP contribution is 2.11. The smallest absolute Gasteiger partial charge is 0.317 e. The second-order valence-corrected chi connectivity index (χ2v) is 4.30. The van der Waals surface area contributed by atoms with Crippen LogP contribution in [0.15, 0.2) is 0 Å². The van der Waals surface area contributed by atoms with Gasteiger partial charge in [-0.25, -0.2) is 9.18 Å². The quantitative estimate of drug-likeness (QED) is 0.703. The number of carbonyl (C=O) groups excluding carboxylic acids is 1. The molecule has 5 heteroatoms. The number of alkyl halides is 1. The van der Waals surface area contributed by atoms with Gasteiger partial charge in [-0.15, -0.1) is 0 Å². The number of urea groups is 1. The van der Waals surface area contributed by atoms with Gasteiger partial charge in [0.15, 0.2) is 0 Å². The number of hydrogen-bond donors (Lipinski definition) is 2. The van der Waals surface area contributed by atoms with E-state index in [-0.39, 0.29) is 19.1 Å². The molecule has 0 unspecified atom stereocenters. The van der Waals surface area contributed by atoms with Crippen LogP contribution in [0.2, 0.25) is 0 Å². The summed E-state index contributed by atoms with van der Waals surface area (Å²) in [5.74, 6) is 0. The van der Waals surface area contributed by atoms with E-state index in [2.05, 4.69) is 5.32 Å². The summed E-state index contributed by atoms with van der Waals surface area (Å²) >= 11 is 0. The van der Waals surface area contributed by atoms with E-state index in [1.54, 1.807) is 13.8 Å². The van der Waals surface area contributed by atoms with E-state index in [0.717, 1.165) is 0 Å². The average Bonchev–Trinajstić information content (AvgIpc) is 1.96. The zero-order chi connectivity index (χ0) is 10.8. The monoisotopic (exact) mass is 204 g/mol. The average molecular weight is 204 g/mol. The molecule has 0 aromatic heterocycles. The van der Waals surface area contributed by atoms with Crippen LogP contribution >= 0.6 is 0 Å². The molecule has 0 aliphatic carbocycles. The molecule has 0 saturated carbocycles. The minimum atomic E-state index is -0.866. The van der Waals surface area contributed by atoms with Crippen LogP contribution in [0.5, 0.6) is 0 Å². The van der Waals surface area contributed by atoms with Gasteiger partial charge in [-0.3, -0.25) is 0 Å². The van der Waals surface area contributed by atoms with Crippen molar-refractivity contribution in [2.75, 3.05) is 19.6 Å². The first kappa shape index (κ1) is 11.2. The fourth-order valence-corrected chi connectivity index (χ4v) is 1.18. The van der Waals surface area contributed by atoms with E-state index in [0.29, 0.717) is 13.0 Å². The molecular formula is C9H17FN2O2. The Morgan fingerprint density at radius 2 is 2.21 bits per heavy atom. The van der Waals surface area contributed by atoms with E-state index < -0.39 is 11.8 Å². The maximum atomic E-state index is 12.4. The summed E-state index contributed by atoms with van der Waals surface area (Å²) in [5, 5.41) is 12.0. The molecule has 0 bridgehead atoms. The molecule has 14 heavy (non-hydrogen) atoms. The summed E-state index contributed by atoms with van der Waals surface area (Å²) in [6.45, 7) is 4.15. The first-order valence-electron chi connectivity index (χ1n) is 4.78. The predicted octanol–water partition coefficient (Wildman–Crippen LogP) is 0.511. The zero-order valence-corrected chi connectivity index (χ0v) is 8.59. The van der Waals surface area contributed by atoms with Crippen LogP contribution in [-0.4, -0.2) is 47.4 Å². The van der Waals surface area contributed by atoms with Crippen LogP contribution in [0.3, 0.4) is 0 Å². The zero-order valence-electron chi connectivity index (χ0n) is 8.59. The molecule has 0 spiro atoms. The number of nitrogens with one attached hydrogen (secondary N) is 1. The Labute approximate surface area is 83.1 Å². The van der Waals surface area contributed by atoms with Crippen molar-refractivity contribution in [2.45, 2.75) is 32.0 Å². The molecule has 0 aromatic rings. The Morgan fingerprint density at radius 3 is 2.64 bits per heavy atom. The molecule has 1 aliphatic rings. The van der Waals surface area contributed by atoms with Gasteiger partial charge < -0.3 is 15.3 Å². The summed E-state index contributed by atoms with van der Waals surface area (Å²) in [7, 11) is 0. The summed E-state index contributed by atoms with van der Waals surface area (Å²) < 4.78 is 12.4. The predicted molar refractivity (Wildman–Crippen MR) is 50.8 cm³/mol. The standard InChI is InChI=1S/C9H17FN2O2/c1-9(2,14)3-4-11-8(13)12-5-7(10)6-12/h7,14H,3-6H2,1-2H3,(H,11,13). The molecule has 1 rings (SSSR count). The van der Waals surface area contributed by atoms with Crippen LogP contribution in [0.1, 0.15) is 20.3 Å². The van der Waals surface area contributed by atoms with Crippen LogP contribution in [0, 0.1) is 0 Å². The largest absolute Gasteiger partial charge is 0.390 e. The second-order valence-electron chi connectivity index (χ2n) is 4.30. The number of likely N-dealkylation sites (tertiary alicyclic amines) is 1. The number of rotatable bonds is 3. The Kier molecular flexibility index (Phi) is 3.31. The third kappa shape index (κ3) is 3.49. The summed E-state index contributed by atoms with van der Waals surface area (Å²) in [5.41, 5.74) is -0.773. The second kappa shape index (κ2) is 4.13. The van der Waals surface area contributed by atoms with E-state index >= 15 is 0 Å². The van der Waals surface area contributed by atoms with Gasteiger partial charge in [0.1, 0.15) is 6.17 Å². The van der Waals surface area contributed by atoms with Crippen molar-refractivity contribution < 1.29 is 14.3 Å². The van der Waals surface area contributed by atoms with Gasteiger partial charge in [0.05, 0.1) is 18.7 Å². The number of nitrogens with zero attached hydrogens (tertiary/aromatic N) is 1. The first-order valence-corrected chi connectivity index (χ1v) is 4.78. The number of hydrogen-bond acceptors (Lipinski definition) is 2. The summed E-state index contributed by atoms with van der Waals surface area (Å²) in [6.07, 6.45) is -0.374. The van der Waals surface area contributed by atoms with Crippen LogP contribution in [0.25, 0.3) is 0 Å². The fraction of sp³-hybridized carbons (Fsp3) is 0.889. The highest BCUT2D eigenvalue weighted by Gasteiger charge is 2.30. The van der Waals surface area contributed by atoms with E-state index in [4.69, 9.17) is 0 Å². The highest BCUT2D eigenvalue weighted by molar-refractivity contribution is 5.75. The molecule has 0 atom stereocenters. The number of halogens is 1. The molecule has 82 valence electrons. The van der Waals surface area contributed by atoms with Crippen molar-refractivity contribution in [3.8, 4) is 0 Å². The molecule has 0 radical (unpaired) electrons. The van der Waals surface area contributed by atoms with Gasteiger partial charge in [0.2, 0.25) is 0 Å². The van der Waals surface area contributed by atoms with Gasteiger partial charge in [0, 0.05) is 6.54 Å². The number of amides is 2. The minimum absolute atomic E-state index is 0.189. The third-order valence-electron chi connectivity index (χ3n) is 2.14. The maximum absolute atomic E-state index is 12.4. The molecule has 1 fully saturated rings. The SMILES string of the molecule is CC(C)(O)CCNC(=O)N1CC(F)C1. The molecule has 4 nitrogen and oxygen atoms in total. The molecule has 1 aliphatic heterocycles. The molecule has 1 saturated heterocycles. The third-order valence-corrected chi connectivity index (χ3v) is 2.14. The van der Waals surface area contributed by atoms with E-state index in [9.17, 15) is 14.3 Å². The van der Waals surface area contributed by atoms with Gasteiger partial charge in [0.25, 0.3) is 0 Å². The molecule has 2 N–H and O–H groups in total. The Hall–Kier alpha value is -0.840. The summed E-state index contributed by atoms with van der Waals surface area (Å²) in [4.78, 5) is 12.6. The lowest BCUT2D eigenvalue weighted by molar-refractivity contribution is 0.0676. The molecular weight excluding hydrogens is 187 g/mol. The Bertz CT molecular complexity index is 209. The number of aliphatic hydroxyl groups is 1. The lowest BCUT2D eigenvalue weighted by Crippen LogP contribution is -2.55. The highest BCUT2D eigenvalue weighted by atomic mass is 19.1. The van der Waals surface area contributed by atoms with Crippen molar-refractivity contribution >= 4 is 6.03 Å². The molecule has 1 heterocycles. The molecule has 0 aromatic carbocycles. The normalized spacial score (nSPS) is 17.9. The number of carbonyl (C=O) groups is 1. The Balaban J connectivity index is 2.10. The lowest BCUT2D eigenvalue weighted by Gasteiger charge is -2.34. The van der Waals surface area contributed by atoms with Gasteiger partial charge >= 0.3 is 6.03 Å².